The van der Waals surface area contributed by atoms with Crippen LogP contribution in [-0.2, 0) is 12.7 Å². The van der Waals surface area contributed by atoms with Crippen molar-refractivity contribution in [1.82, 2.24) is 15.1 Å². The lowest BCUT2D eigenvalue weighted by Crippen LogP contribution is -2.25. The first-order valence-corrected chi connectivity index (χ1v) is 13.4. The highest BCUT2D eigenvalue weighted by atomic mass is 35.5. The molecular formula is C29H26Cl2F3N5O. The maximum Gasteiger partial charge on any atom is 0.435 e. The van der Waals surface area contributed by atoms with E-state index in [0.29, 0.717) is 32.9 Å². The van der Waals surface area contributed by atoms with Crippen LogP contribution < -0.4 is 16.4 Å². The number of amides is 1. The third-order valence-electron chi connectivity index (χ3n) is 6.68. The summed E-state index contributed by atoms with van der Waals surface area (Å²) >= 11 is 12.7. The number of nitrogens with two attached hydrogens (primary N) is 1. The number of hydrogen-bond acceptors (Lipinski definition) is 4. The van der Waals surface area contributed by atoms with Crippen LogP contribution in [0.15, 0.2) is 72.8 Å². The van der Waals surface area contributed by atoms with Crippen molar-refractivity contribution >= 4 is 34.8 Å². The Balaban J connectivity index is 1.46. The lowest BCUT2D eigenvalue weighted by atomic mass is 9.97. The quantitative estimate of drug-likeness (QED) is 0.197. The molecule has 6 nitrogen and oxygen atoms in total. The molecule has 208 valence electrons. The Bertz CT molecular complexity index is 1530. The van der Waals surface area contributed by atoms with E-state index in [-0.39, 0.29) is 18.3 Å². The van der Waals surface area contributed by atoms with Crippen molar-refractivity contribution in [3.8, 4) is 5.69 Å². The van der Waals surface area contributed by atoms with Gasteiger partial charge < -0.3 is 16.4 Å². The van der Waals surface area contributed by atoms with E-state index in [1.165, 1.54) is 0 Å². The van der Waals surface area contributed by atoms with Crippen LogP contribution in [-0.4, -0.2) is 22.2 Å². The molecule has 1 aromatic heterocycles. The molecule has 1 aliphatic carbocycles. The standard InChI is InChI=1S/C29H26Cl2F3N5O/c30-20-9-10-23(24(31)13-20)27(36-16-17-7-8-17)19-4-2-5-21(12-19)37-28(40)25-14-26(29(32,33)34)38-39(25)22-6-1-3-18(11-22)15-35/h1-6,9-14,17,27,36H,7-8,15-16,35H2,(H,37,40). The fraction of sp³-hybridized carbons (Fsp3) is 0.241. The third-order valence-corrected chi connectivity index (χ3v) is 7.24. The Morgan fingerprint density at radius 1 is 1.05 bits per heavy atom. The number of benzene rings is 3. The highest BCUT2D eigenvalue weighted by Gasteiger charge is 2.36. The maximum absolute atomic E-state index is 13.6. The van der Waals surface area contributed by atoms with Crippen molar-refractivity contribution in [3.63, 3.8) is 0 Å². The first-order valence-electron chi connectivity index (χ1n) is 12.7. The Morgan fingerprint density at radius 3 is 2.52 bits per heavy atom. The van der Waals surface area contributed by atoms with Gasteiger partial charge in [-0.3, -0.25) is 4.79 Å². The van der Waals surface area contributed by atoms with E-state index in [9.17, 15) is 18.0 Å². The Morgan fingerprint density at radius 2 is 1.82 bits per heavy atom. The summed E-state index contributed by atoms with van der Waals surface area (Å²) in [6.45, 7) is 0.977. The zero-order chi connectivity index (χ0) is 28.4. The second-order valence-corrected chi connectivity index (χ2v) is 10.6. The fourth-order valence-electron chi connectivity index (χ4n) is 4.43. The molecule has 3 aromatic carbocycles. The van der Waals surface area contributed by atoms with Crippen LogP contribution in [0.1, 0.15) is 51.8 Å². The van der Waals surface area contributed by atoms with Crippen molar-refractivity contribution in [2.75, 3.05) is 11.9 Å². The molecule has 5 rings (SSSR count). The first kappa shape index (κ1) is 28.2. The molecule has 1 aliphatic rings. The number of carbonyl (C=O) groups excluding carboxylic acids is 1. The van der Waals surface area contributed by atoms with Crippen molar-refractivity contribution in [2.24, 2.45) is 11.7 Å². The number of nitrogens with one attached hydrogen (secondary N) is 2. The van der Waals surface area contributed by atoms with Crippen LogP contribution in [0.4, 0.5) is 18.9 Å². The Hall–Kier alpha value is -3.37. The molecule has 4 aromatic rings. The first-order chi connectivity index (χ1) is 19.1. The molecule has 1 amide bonds. The van der Waals surface area contributed by atoms with Gasteiger partial charge in [-0.25, -0.2) is 4.68 Å². The van der Waals surface area contributed by atoms with Gasteiger partial charge in [0.05, 0.1) is 11.7 Å². The molecular weight excluding hydrogens is 562 g/mol. The predicted octanol–water partition coefficient (Wildman–Crippen LogP) is 7.00. The zero-order valence-electron chi connectivity index (χ0n) is 21.2. The van der Waals surface area contributed by atoms with E-state index in [1.807, 2.05) is 12.1 Å². The van der Waals surface area contributed by atoms with Gasteiger partial charge in [-0.05, 0) is 78.4 Å². The normalized spacial score (nSPS) is 14.2. The summed E-state index contributed by atoms with van der Waals surface area (Å²) in [6.07, 6.45) is -2.41. The van der Waals surface area contributed by atoms with Crippen molar-refractivity contribution in [1.29, 1.82) is 0 Å². The number of halogens is 5. The molecule has 0 saturated heterocycles. The molecule has 11 heteroatoms. The number of alkyl halides is 3. The van der Waals surface area contributed by atoms with E-state index >= 15 is 0 Å². The summed E-state index contributed by atoms with van der Waals surface area (Å²) < 4.78 is 41.7. The van der Waals surface area contributed by atoms with Gasteiger partial charge in [0.15, 0.2) is 5.69 Å². The summed E-state index contributed by atoms with van der Waals surface area (Å²) in [7, 11) is 0. The molecule has 1 fully saturated rings. The van der Waals surface area contributed by atoms with Crippen molar-refractivity contribution < 1.29 is 18.0 Å². The topological polar surface area (TPSA) is 85.0 Å². The van der Waals surface area contributed by atoms with Gasteiger partial charge in [-0.15, -0.1) is 0 Å². The van der Waals surface area contributed by atoms with Crippen LogP contribution in [0.25, 0.3) is 5.69 Å². The van der Waals surface area contributed by atoms with Gasteiger partial charge in [0.1, 0.15) is 5.69 Å². The molecule has 0 aliphatic heterocycles. The minimum absolute atomic E-state index is 0.184. The van der Waals surface area contributed by atoms with Crippen LogP contribution in [0.2, 0.25) is 10.0 Å². The number of hydrogen-bond donors (Lipinski definition) is 3. The molecule has 1 saturated carbocycles. The fourth-order valence-corrected chi connectivity index (χ4v) is 4.95. The predicted molar refractivity (Wildman–Crippen MR) is 150 cm³/mol. The van der Waals surface area contributed by atoms with Crippen molar-refractivity contribution in [3.05, 3.63) is 111 Å². The maximum atomic E-state index is 13.6. The number of rotatable bonds is 9. The molecule has 40 heavy (non-hydrogen) atoms. The molecule has 4 N–H and O–H groups in total. The van der Waals surface area contributed by atoms with Gasteiger partial charge >= 0.3 is 6.18 Å². The summed E-state index contributed by atoms with van der Waals surface area (Å²) in [5.74, 6) is -0.150. The summed E-state index contributed by atoms with van der Waals surface area (Å²) in [5.41, 5.74) is 7.29. The Kier molecular flexibility index (Phi) is 8.19. The number of aromatic nitrogens is 2. The number of nitrogens with zero attached hydrogens (tertiary/aromatic N) is 2. The Labute approximate surface area is 239 Å². The molecule has 1 atom stereocenters. The third kappa shape index (κ3) is 6.50. The minimum atomic E-state index is -4.73. The summed E-state index contributed by atoms with van der Waals surface area (Å²) in [6, 6.07) is 19.4. The average molecular weight is 588 g/mol. The van der Waals surface area contributed by atoms with Gasteiger partial charge in [0.2, 0.25) is 0 Å². The van der Waals surface area contributed by atoms with Crippen molar-refractivity contribution in [2.45, 2.75) is 31.6 Å². The lowest BCUT2D eigenvalue weighted by Gasteiger charge is -2.22. The smallest absolute Gasteiger partial charge is 0.326 e. The van der Waals surface area contributed by atoms with E-state index in [1.54, 1.807) is 54.6 Å². The summed E-state index contributed by atoms with van der Waals surface area (Å²) in [5, 5.41) is 11.0. The van der Waals surface area contributed by atoms with E-state index in [2.05, 4.69) is 15.7 Å². The van der Waals surface area contributed by atoms with E-state index in [4.69, 9.17) is 28.9 Å². The molecule has 1 unspecified atom stereocenters. The van der Waals surface area contributed by atoms with Gasteiger partial charge in [0, 0.05) is 28.3 Å². The molecule has 0 bridgehead atoms. The lowest BCUT2D eigenvalue weighted by molar-refractivity contribution is -0.141. The molecule has 1 heterocycles. The minimum Gasteiger partial charge on any atom is -0.326 e. The highest BCUT2D eigenvalue weighted by molar-refractivity contribution is 6.35. The highest BCUT2D eigenvalue weighted by Crippen LogP contribution is 2.34. The second kappa shape index (κ2) is 11.6. The van der Waals surface area contributed by atoms with Gasteiger partial charge in [0.25, 0.3) is 5.91 Å². The molecule has 0 radical (unpaired) electrons. The van der Waals surface area contributed by atoms with E-state index < -0.39 is 17.8 Å². The van der Waals surface area contributed by atoms with Gasteiger partial charge in [-0.2, -0.15) is 18.3 Å². The van der Waals surface area contributed by atoms with Crippen LogP contribution in [0, 0.1) is 5.92 Å². The van der Waals surface area contributed by atoms with Gasteiger partial charge in [-0.1, -0.05) is 53.5 Å². The second-order valence-electron chi connectivity index (χ2n) is 9.73. The summed E-state index contributed by atoms with van der Waals surface area (Å²) in [4.78, 5) is 13.4. The SMILES string of the molecule is NCc1cccc(-n2nc(C(F)(F)F)cc2C(=O)Nc2cccc(C(NCC3CC3)c3ccc(Cl)cc3Cl)c2)c1. The largest absolute Gasteiger partial charge is 0.435 e. The van der Waals surface area contributed by atoms with Crippen LogP contribution in [0.3, 0.4) is 0 Å². The zero-order valence-corrected chi connectivity index (χ0v) is 22.7. The number of carbonyl (C=O) groups is 1. The number of anilines is 1. The monoisotopic (exact) mass is 587 g/mol. The molecule has 0 spiro atoms. The average Bonchev–Trinajstić information content (AvgIpc) is 3.63. The van der Waals surface area contributed by atoms with Crippen LogP contribution >= 0.6 is 23.2 Å². The van der Waals surface area contributed by atoms with E-state index in [0.717, 1.165) is 41.3 Å². The van der Waals surface area contributed by atoms with Crippen LogP contribution in [0.5, 0.6) is 0 Å².